The maximum absolute atomic E-state index is 6.34. The van der Waals surface area contributed by atoms with Crippen molar-refractivity contribution in [3.05, 3.63) is 150 Å². The summed E-state index contributed by atoms with van der Waals surface area (Å²) in [4.78, 5) is 4.83. The van der Waals surface area contributed by atoms with Crippen LogP contribution in [0.4, 0.5) is 0 Å². The number of hydrogen-bond donors (Lipinski definition) is 0. The zero-order valence-corrected chi connectivity index (χ0v) is 35.5. The average molecular weight is 832 g/mol. The highest BCUT2D eigenvalue weighted by molar-refractivity contribution is 5.98. The molecule has 65 heavy (non-hydrogen) atoms. The lowest BCUT2D eigenvalue weighted by Crippen LogP contribution is -2.26. The van der Waals surface area contributed by atoms with E-state index in [1.54, 1.807) is 20.8 Å². The molecule has 2 aliphatic carbocycles. The largest absolute Gasteiger partial charge is 0.477 e. The lowest BCUT2D eigenvalue weighted by atomic mass is 9.70. The summed E-state index contributed by atoms with van der Waals surface area (Å²) in [6.45, 7) is 5.14. The van der Waals surface area contributed by atoms with Gasteiger partial charge in [0.25, 0.3) is 0 Å². The van der Waals surface area contributed by atoms with Crippen molar-refractivity contribution in [2.45, 2.75) is 26.2 Å². The molecule has 2 aliphatic rings. The van der Waals surface area contributed by atoms with Crippen LogP contribution >= 0.6 is 0 Å². The number of aromatic nitrogens is 1. The Balaban J connectivity index is 1.30. The highest BCUT2D eigenvalue weighted by Crippen LogP contribution is 2.65. The van der Waals surface area contributed by atoms with E-state index in [4.69, 9.17) is 30.4 Å². The van der Waals surface area contributed by atoms with E-state index < -0.39 is 5.41 Å². The minimum Gasteiger partial charge on any atom is -0.477 e. The van der Waals surface area contributed by atoms with Crippen molar-refractivity contribution >= 4 is 10.8 Å². The summed E-state index contributed by atoms with van der Waals surface area (Å²) in [7, 11) is 0. The SMILES string of the molecule is C#CC#CCOc1cc2c(cc1OC#CC#CC)-c1cc(OC#CC#CC)c(OC#CC#CC)cc1C21c2ccccc2-c2cc(-c3cccc(-c4nccc5ccccc45)c3)ccc21. The average Bonchev–Trinajstić information content (AvgIpc) is 3.79. The number of fused-ring (bicyclic) bond motifs is 11. The van der Waals surface area contributed by atoms with Crippen LogP contribution in [0.2, 0.25) is 0 Å². The lowest BCUT2D eigenvalue weighted by molar-refractivity contribution is 0.349. The zero-order valence-electron chi connectivity index (χ0n) is 35.5. The number of pyridine rings is 1. The molecule has 0 aliphatic heterocycles. The first kappa shape index (κ1) is 40.8. The molecule has 0 amide bonds. The van der Waals surface area contributed by atoms with Gasteiger partial charge in [-0.25, -0.2) is 0 Å². The first-order valence-electron chi connectivity index (χ1n) is 20.5. The van der Waals surface area contributed by atoms with Crippen molar-refractivity contribution in [2.24, 2.45) is 0 Å². The molecule has 1 atom stereocenters. The molecular formula is C60H33NO4. The molecule has 0 radical (unpaired) electrons. The van der Waals surface area contributed by atoms with Crippen LogP contribution in [-0.2, 0) is 5.41 Å². The molecule has 0 N–H and O–H groups in total. The van der Waals surface area contributed by atoms with Crippen LogP contribution in [0.15, 0.2) is 128 Å². The highest BCUT2D eigenvalue weighted by atomic mass is 16.5. The molecule has 5 heteroatoms. The molecule has 6 aromatic carbocycles. The summed E-state index contributed by atoms with van der Waals surface area (Å²) in [6.07, 6.45) is 15.5. The second-order valence-corrected chi connectivity index (χ2v) is 14.6. The minimum absolute atomic E-state index is 0.0139. The Bertz CT molecular complexity index is 3630. The van der Waals surface area contributed by atoms with Crippen LogP contribution < -0.4 is 18.9 Å². The summed E-state index contributed by atoms with van der Waals surface area (Å²) in [6, 6.07) is 41.9. The number of nitrogens with zero attached hydrogens (tertiary/aromatic N) is 1. The van der Waals surface area contributed by atoms with E-state index in [0.29, 0.717) is 23.0 Å². The van der Waals surface area contributed by atoms with Gasteiger partial charge < -0.3 is 18.9 Å². The Morgan fingerprint density at radius 3 is 1.78 bits per heavy atom. The fourth-order valence-electron chi connectivity index (χ4n) is 8.63. The van der Waals surface area contributed by atoms with Crippen molar-refractivity contribution in [3.63, 3.8) is 0 Å². The predicted octanol–water partition coefficient (Wildman–Crippen LogP) is 11.0. The third-order valence-corrected chi connectivity index (χ3v) is 11.1. The van der Waals surface area contributed by atoms with Gasteiger partial charge >= 0.3 is 0 Å². The summed E-state index contributed by atoms with van der Waals surface area (Å²) >= 11 is 0. The minimum atomic E-state index is -0.892. The lowest BCUT2D eigenvalue weighted by Gasteiger charge is -2.31. The summed E-state index contributed by atoms with van der Waals surface area (Å²) in [5.74, 6) is 34.1. The van der Waals surface area contributed by atoms with E-state index in [-0.39, 0.29) is 6.61 Å². The maximum atomic E-state index is 6.34. The third-order valence-electron chi connectivity index (χ3n) is 11.1. The van der Waals surface area contributed by atoms with Crippen LogP contribution in [0, 0.1) is 95.8 Å². The number of benzene rings is 6. The quantitative estimate of drug-likeness (QED) is 0.150. The Kier molecular flexibility index (Phi) is 11.4. The first-order valence-corrected chi connectivity index (χ1v) is 20.5. The van der Waals surface area contributed by atoms with Crippen LogP contribution in [0.5, 0.6) is 23.0 Å². The molecular weight excluding hydrogens is 799 g/mol. The van der Waals surface area contributed by atoms with E-state index >= 15 is 0 Å². The van der Waals surface area contributed by atoms with Crippen molar-refractivity contribution < 1.29 is 18.9 Å². The summed E-state index contributed by atoms with van der Waals surface area (Å²) in [5, 5.41) is 2.23. The molecule has 5 nitrogen and oxygen atoms in total. The second kappa shape index (κ2) is 18.2. The summed E-state index contributed by atoms with van der Waals surface area (Å²) in [5.41, 5.74) is 11.0. The van der Waals surface area contributed by atoms with Gasteiger partial charge in [-0.15, -0.1) is 6.42 Å². The van der Waals surface area contributed by atoms with Crippen molar-refractivity contribution in [1.82, 2.24) is 4.98 Å². The van der Waals surface area contributed by atoms with Crippen molar-refractivity contribution in [3.8, 4) is 163 Å². The first-order chi connectivity index (χ1) is 32.1. The van der Waals surface area contributed by atoms with Gasteiger partial charge in [-0.05, 0) is 160 Å². The third kappa shape index (κ3) is 7.47. The number of terminal acetylenes is 1. The molecule has 1 spiro atoms. The molecule has 7 aromatic rings. The van der Waals surface area contributed by atoms with Crippen LogP contribution in [0.25, 0.3) is 55.4 Å². The van der Waals surface area contributed by atoms with E-state index in [9.17, 15) is 0 Å². The number of hydrogen-bond acceptors (Lipinski definition) is 5. The Morgan fingerprint density at radius 2 is 1.08 bits per heavy atom. The maximum Gasteiger partial charge on any atom is 0.184 e. The van der Waals surface area contributed by atoms with E-state index in [1.807, 2.05) is 48.7 Å². The van der Waals surface area contributed by atoms with Gasteiger partial charge in [-0.3, -0.25) is 4.98 Å². The molecule has 0 bridgehead atoms. The zero-order chi connectivity index (χ0) is 44.6. The van der Waals surface area contributed by atoms with Crippen LogP contribution in [0.3, 0.4) is 0 Å². The highest BCUT2D eigenvalue weighted by Gasteiger charge is 2.53. The van der Waals surface area contributed by atoms with Crippen molar-refractivity contribution in [1.29, 1.82) is 0 Å². The monoisotopic (exact) mass is 831 g/mol. The second-order valence-electron chi connectivity index (χ2n) is 14.6. The smallest absolute Gasteiger partial charge is 0.184 e. The summed E-state index contributed by atoms with van der Waals surface area (Å²) < 4.78 is 24.6. The number of rotatable bonds is 7. The van der Waals surface area contributed by atoms with Gasteiger partial charge in [-0.2, -0.15) is 0 Å². The topological polar surface area (TPSA) is 49.8 Å². The van der Waals surface area contributed by atoms with Crippen molar-refractivity contribution in [2.75, 3.05) is 6.61 Å². The fourth-order valence-corrected chi connectivity index (χ4v) is 8.63. The molecule has 1 aromatic heterocycles. The van der Waals surface area contributed by atoms with Gasteiger partial charge in [0.05, 0.1) is 11.1 Å². The Morgan fingerprint density at radius 1 is 0.492 bits per heavy atom. The van der Waals surface area contributed by atoms with Gasteiger partial charge in [0.1, 0.15) is 24.9 Å². The fraction of sp³-hybridized carbons (Fsp3) is 0.0833. The molecule has 1 unspecified atom stereocenters. The molecule has 0 saturated heterocycles. The molecule has 9 rings (SSSR count). The van der Waals surface area contributed by atoms with E-state index in [0.717, 1.165) is 77.7 Å². The molecule has 302 valence electrons. The van der Waals surface area contributed by atoms with Gasteiger partial charge in [0.15, 0.2) is 23.0 Å². The Labute approximate surface area is 379 Å². The van der Waals surface area contributed by atoms with Crippen LogP contribution in [-0.4, -0.2) is 11.6 Å². The Hall–Kier alpha value is -9.59. The van der Waals surface area contributed by atoms with Gasteiger partial charge in [0, 0.05) is 34.9 Å². The van der Waals surface area contributed by atoms with E-state index in [2.05, 4.69) is 168 Å². The normalized spacial score (nSPS) is 12.4. The number of ether oxygens (including phenoxy) is 4. The standard InChI is InChI=1S/C60H33NO4/c1-5-9-17-32-62-55-38-49-50-39-56(63-33-18-10-6-2)58(65-35-20-12-8-4)41-54(50)60(53(49)40-57(55)64-34-19-11-7-3)51-27-16-15-26-47(51)48-37-44(28-29-52(48)60)43-23-21-24-45(36-43)59-46-25-14-13-22-42(46)30-31-61-59/h3,13-16,21-31,36-41H,34H2,1-2,4H3. The van der Waals surface area contributed by atoms with Crippen LogP contribution in [0.1, 0.15) is 43.0 Å². The van der Waals surface area contributed by atoms with E-state index in [1.165, 1.54) is 0 Å². The molecule has 0 saturated carbocycles. The molecule has 0 fully saturated rings. The van der Waals surface area contributed by atoms with Gasteiger partial charge in [0.2, 0.25) is 0 Å². The van der Waals surface area contributed by atoms with Gasteiger partial charge in [-0.1, -0.05) is 96.6 Å². The predicted molar refractivity (Wildman–Crippen MR) is 257 cm³/mol. The molecule has 1 heterocycles.